The summed E-state index contributed by atoms with van der Waals surface area (Å²) in [4.78, 5) is 38.5. The van der Waals surface area contributed by atoms with Crippen molar-refractivity contribution in [3.8, 4) is 5.75 Å². The summed E-state index contributed by atoms with van der Waals surface area (Å²) in [6.07, 6.45) is 0.343. The first-order valence-electron chi connectivity index (χ1n) is 10.1. The van der Waals surface area contributed by atoms with E-state index in [0.717, 1.165) is 6.54 Å². The number of amides is 1. The molecule has 0 aliphatic carbocycles. The number of esters is 1. The normalized spacial score (nSPS) is 18.5. The molecule has 0 radical (unpaired) electrons. The molecule has 2 unspecified atom stereocenters. The number of ether oxygens (including phenoxy) is 2. The fraction of sp³-hybridized carbons (Fsp3) is 0.591. The van der Waals surface area contributed by atoms with Crippen LogP contribution in [0.5, 0.6) is 5.75 Å². The van der Waals surface area contributed by atoms with Crippen molar-refractivity contribution in [3.05, 3.63) is 29.8 Å². The number of Topliss-reactive ketones (excluding diaryl/α,β-unsaturated/α-hetero) is 1. The second-order valence-electron chi connectivity index (χ2n) is 8.66. The first-order valence-corrected chi connectivity index (χ1v) is 10.1. The lowest BCUT2D eigenvalue weighted by Gasteiger charge is -2.24. The minimum Gasteiger partial charge on any atom is -0.490 e. The molecule has 2 atom stereocenters. The number of hydrogen-bond acceptors (Lipinski definition) is 7. The third-order valence-corrected chi connectivity index (χ3v) is 4.83. The van der Waals surface area contributed by atoms with E-state index in [9.17, 15) is 19.5 Å². The minimum atomic E-state index is -1.44. The van der Waals surface area contributed by atoms with Crippen molar-refractivity contribution in [2.24, 2.45) is 0 Å². The first-order chi connectivity index (χ1) is 13.9. The molecular formula is C22H32N2O6. The van der Waals surface area contributed by atoms with E-state index in [1.807, 2.05) is 0 Å². The van der Waals surface area contributed by atoms with Crippen LogP contribution in [-0.2, 0) is 14.3 Å². The molecule has 1 amide bonds. The van der Waals surface area contributed by atoms with Crippen LogP contribution in [0.2, 0.25) is 0 Å². The molecule has 1 heterocycles. The van der Waals surface area contributed by atoms with Gasteiger partial charge in [-0.15, -0.1) is 0 Å². The molecule has 166 valence electrons. The SMILES string of the molecule is CC1CN1CCC(=O)NC(C)(C)C(=O)OCCOc1ccc(C(=O)C(C)(C)O)cc1. The van der Waals surface area contributed by atoms with Gasteiger partial charge in [0.15, 0.2) is 5.78 Å². The fourth-order valence-electron chi connectivity index (χ4n) is 2.84. The van der Waals surface area contributed by atoms with Gasteiger partial charge in [-0.05, 0) is 58.9 Å². The number of aliphatic hydroxyl groups is 1. The van der Waals surface area contributed by atoms with Crippen LogP contribution in [0, 0.1) is 0 Å². The Hall–Kier alpha value is -2.45. The van der Waals surface area contributed by atoms with Crippen molar-refractivity contribution in [1.29, 1.82) is 0 Å². The van der Waals surface area contributed by atoms with E-state index in [1.54, 1.807) is 38.1 Å². The van der Waals surface area contributed by atoms with Gasteiger partial charge < -0.3 is 19.9 Å². The number of carbonyl (C=O) groups excluding carboxylic acids is 3. The maximum absolute atomic E-state index is 12.3. The summed E-state index contributed by atoms with van der Waals surface area (Å²) in [5.74, 6) is -0.593. The standard InChI is InChI=1S/C22H32N2O6/c1-15-14-24(15)11-10-18(25)23-21(2,3)20(27)30-13-12-29-17-8-6-16(7-9-17)19(26)22(4,5)28/h6-9,15,28H,10-14H2,1-5H3,(H,23,25). The fourth-order valence-corrected chi connectivity index (χ4v) is 2.84. The first kappa shape index (κ1) is 23.8. The Morgan fingerprint density at radius 3 is 2.27 bits per heavy atom. The quantitative estimate of drug-likeness (QED) is 0.242. The number of carbonyl (C=O) groups is 3. The average Bonchev–Trinajstić information content (AvgIpc) is 3.37. The Balaban J connectivity index is 1.70. The van der Waals surface area contributed by atoms with Gasteiger partial charge in [-0.25, -0.2) is 4.79 Å². The molecule has 0 saturated carbocycles. The zero-order chi connectivity index (χ0) is 22.5. The Morgan fingerprint density at radius 1 is 1.13 bits per heavy atom. The van der Waals surface area contributed by atoms with Crippen LogP contribution >= 0.6 is 0 Å². The summed E-state index contributed by atoms with van der Waals surface area (Å²) < 4.78 is 10.7. The Bertz CT molecular complexity index is 767. The van der Waals surface area contributed by atoms with Crippen LogP contribution in [0.25, 0.3) is 0 Å². The molecule has 1 aromatic rings. The number of benzene rings is 1. The predicted octanol–water partition coefficient (Wildman–Crippen LogP) is 1.55. The number of nitrogens with zero attached hydrogens (tertiary/aromatic N) is 1. The molecule has 0 aromatic heterocycles. The highest BCUT2D eigenvalue weighted by Gasteiger charge is 2.33. The van der Waals surface area contributed by atoms with Crippen molar-refractivity contribution in [2.75, 3.05) is 26.3 Å². The van der Waals surface area contributed by atoms with E-state index < -0.39 is 17.1 Å². The van der Waals surface area contributed by atoms with E-state index in [1.165, 1.54) is 13.8 Å². The zero-order valence-corrected chi connectivity index (χ0v) is 18.4. The molecule has 1 fully saturated rings. The van der Waals surface area contributed by atoms with Crippen molar-refractivity contribution in [2.45, 2.75) is 58.2 Å². The van der Waals surface area contributed by atoms with E-state index in [0.29, 0.717) is 30.3 Å². The van der Waals surface area contributed by atoms with Crippen molar-refractivity contribution < 1.29 is 29.0 Å². The van der Waals surface area contributed by atoms with Crippen LogP contribution in [0.15, 0.2) is 24.3 Å². The highest BCUT2D eigenvalue weighted by Crippen LogP contribution is 2.18. The van der Waals surface area contributed by atoms with Crippen molar-refractivity contribution in [3.63, 3.8) is 0 Å². The highest BCUT2D eigenvalue weighted by atomic mass is 16.6. The summed E-state index contributed by atoms with van der Waals surface area (Å²) in [6, 6.07) is 6.90. The summed E-state index contributed by atoms with van der Waals surface area (Å²) >= 11 is 0. The highest BCUT2D eigenvalue weighted by molar-refractivity contribution is 6.01. The van der Waals surface area contributed by atoms with Gasteiger partial charge in [0, 0.05) is 31.1 Å². The van der Waals surface area contributed by atoms with Crippen molar-refractivity contribution >= 4 is 17.7 Å². The van der Waals surface area contributed by atoms with Gasteiger partial charge in [-0.1, -0.05) is 0 Å². The third-order valence-electron chi connectivity index (χ3n) is 4.83. The van der Waals surface area contributed by atoms with E-state index in [4.69, 9.17) is 9.47 Å². The minimum absolute atomic E-state index is 0.0216. The second kappa shape index (κ2) is 9.57. The average molecular weight is 421 g/mol. The molecule has 0 spiro atoms. The molecule has 8 heteroatoms. The molecule has 30 heavy (non-hydrogen) atoms. The lowest BCUT2D eigenvalue weighted by Crippen LogP contribution is -2.51. The van der Waals surface area contributed by atoms with Gasteiger partial charge in [0.25, 0.3) is 0 Å². The van der Waals surface area contributed by atoms with Gasteiger partial charge in [0.1, 0.15) is 30.1 Å². The number of hydrogen-bond donors (Lipinski definition) is 2. The zero-order valence-electron chi connectivity index (χ0n) is 18.4. The van der Waals surface area contributed by atoms with Crippen LogP contribution in [-0.4, -0.2) is 71.2 Å². The van der Waals surface area contributed by atoms with E-state index in [2.05, 4.69) is 17.1 Å². The van der Waals surface area contributed by atoms with Gasteiger partial charge >= 0.3 is 5.97 Å². The van der Waals surface area contributed by atoms with Crippen LogP contribution in [0.1, 0.15) is 51.4 Å². The van der Waals surface area contributed by atoms with E-state index in [-0.39, 0.29) is 24.9 Å². The van der Waals surface area contributed by atoms with E-state index >= 15 is 0 Å². The Labute approximate surface area is 177 Å². The molecule has 1 aromatic carbocycles. The summed E-state index contributed by atoms with van der Waals surface area (Å²) in [6.45, 7) is 10.0. The van der Waals surface area contributed by atoms with Gasteiger partial charge in [0.2, 0.25) is 5.91 Å². The van der Waals surface area contributed by atoms with Gasteiger partial charge in [0.05, 0.1) is 0 Å². The largest absolute Gasteiger partial charge is 0.490 e. The van der Waals surface area contributed by atoms with Crippen molar-refractivity contribution in [1.82, 2.24) is 10.2 Å². The molecule has 2 rings (SSSR count). The predicted molar refractivity (Wildman–Crippen MR) is 111 cm³/mol. The third kappa shape index (κ3) is 7.11. The smallest absolute Gasteiger partial charge is 0.331 e. The summed E-state index contributed by atoms with van der Waals surface area (Å²) in [5, 5.41) is 12.5. The lowest BCUT2D eigenvalue weighted by molar-refractivity contribution is -0.153. The van der Waals surface area contributed by atoms with Gasteiger partial charge in [-0.2, -0.15) is 0 Å². The molecule has 1 aliphatic rings. The van der Waals surface area contributed by atoms with Crippen LogP contribution in [0.4, 0.5) is 0 Å². The molecular weight excluding hydrogens is 388 g/mol. The van der Waals surface area contributed by atoms with Gasteiger partial charge in [-0.3, -0.25) is 14.5 Å². The lowest BCUT2D eigenvalue weighted by atomic mass is 9.97. The molecule has 0 bridgehead atoms. The Morgan fingerprint density at radius 2 is 1.73 bits per heavy atom. The monoisotopic (exact) mass is 420 g/mol. The summed E-state index contributed by atoms with van der Waals surface area (Å²) in [7, 11) is 0. The topological polar surface area (TPSA) is 105 Å². The molecule has 2 N–H and O–H groups in total. The molecule has 8 nitrogen and oxygen atoms in total. The number of rotatable bonds is 11. The maximum atomic E-state index is 12.3. The second-order valence-corrected chi connectivity index (χ2v) is 8.66. The summed E-state index contributed by atoms with van der Waals surface area (Å²) in [5.41, 5.74) is -2.18. The van der Waals surface area contributed by atoms with Crippen LogP contribution < -0.4 is 10.1 Å². The molecule has 1 saturated heterocycles. The van der Waals surface area contributed by atoms with Crippen LogP contribution in [0.3, 0.4) is 0 Å². The molecule has 1 aliphatic heterocycles. The Kier molecular flexibility index (Phi) is 7.60. The maximum Gasteiger partial charge on any atom is 0.331 e. The number of ketones is 1. The number of nitrogens with one attached hydrogen (secondary N) is 1.